The quantitative estimate of drug-likeness (QED) is 0.318. The highest BCUT2D eigenvalue weighted by atomic mass is 14.9. The summed E-state index contributed by atoms with van der Waals surface area (Å²) < 4.78 is 2.30. The van der Waals surface area contributed by atoms with Gasteiger partial charge in [0.05, 0.1) is 0 Å². The van der Waals surface area contributed by atoms with E-state index in [2.05, 4.69) is 60.1 Å². The third-order valence-electron chi connectivity index (χ3n) is 5.69. The molecule has 142 valence electrons. The van der Waals surface area contributed by atoms with Gasteiger partial charge >= 0.3 is 0 Å². The van der Waals surface area contributed by atoms with E-state index in [0.717, 1.165) is 18.4 Å². The van der Waals surface area contributed by atoms with Crippen LogP contribution in [0.25, 0.3) is 0 Å². The molecule has 2 atom stereocenters. The summed E-state index contributed by atoms with van der Waals surface area (Å²) in [4.78, 5) is 4.18. The minimum absolute atomic E-state index is 0.808. The Labute approximate surface area is 160 Å². The predicted molar refractivity (Wildman–Crippen MR) is 110 cm³/mol. The van der Waals surface area contributed by atoms with E-state index in [1.54, 1.807) is 0 Å². The molecule has 2 rings (SSSR count). The van der Waals surface area contributed by atoms with E-state index in [-0.39, 0.29) is 0 Å². The van der Waals surface area contributed by atoms with Crippen LogP contribution in [0, 0.1) is 11.8 Å². The molecule has 0 amide bonds. The average Bonchev–Trinajstić information content (AvgIpc) is 2.69. The number of nitrogens with zero attached hydrogens (tertiary/aromatic N) is 2. The summed E-state index contributed by atoms with van der Waals surface area (Å²) in [7, 11) is 0. The number of unbranched alkanes of at least 4 members (excludes halogenated alkanes) is 5. The van der Waals surface area contributed by atoms with Gasteiger partial charge in [0.25, 0.3) is 0 Å². The van der Waals surface area contributed by atoms with Crippen LogP contribution in [0.15, 0.2) is 55.1 Å². The van der Waals surface area contributed by atoms with Crippen LogP contribution >= 0.6 is 0 Å². The maximum absolute atomic E-state index is 4.18. The Balaban J connectivity index is 1.44. The molecule has 0 aliphatic rings. The van der Waals surface area contributed by atoms with Gasteiger partial charge in [0, 0.05) is 30.9 Å². The number of hydrogen-bond acceptors (Lipinski definition) is 1. The predicted octanol–water partition coefficient (Wildman–Crippen LogP) is 6.00. The lowest BCUT2D eigenvalue weighted by molar-refractivity contribution is -0.698. The molecule has 0 bridgehead atoms. The highest BCUT2D eigenvalue weighted by molar-refractivity contribution is 5.08. The maximum atomic E-state index is 4.18. The molecule has 2 unspecified atom stereocenters. The van der Waals surface area contributed by atoms with Gasteiger partial charge in [-0.1, -0.05) is 64.5 Å². The van der Waals surface area contributed by atoms with Crippen molar-refractivity contribution < 1.29 is 4.57 Å². The van der Waals surface area contributed by atoms with E-state index in [0.29, 0.717) is 0 Å². The first kappa shape index (κ1) is 20.6. The van der Waals surface area contributed by atoms with Crippen molar-refractivity contribution in [3.05, 3.63) is 60.7 Å². The molecule has 0 N–H and O–H groups in total. The summed E-state index contributed by atoms with van der Waals surface area (Å²) in [6.07, 6.45) is 20.3. The van der Waals surface area contributed by atoms with E-state index in [1.807, 2.05) is 18.5 Å². The second-order valence-corrected chi connectivity index (χ2v) is 7.88. The first-order valence-corrected chi connectivity index (χ1v) is 10.6. The minimum Gasteiger partial charge on any atom is -0.264 e. The van der Waals surface area contributed by atoms with Gasteiger partial charge < -0.3 is 0 Å². The first-order valence-electron chi connectivity index (χ1n) is 10.6. The van der Waals surface area contributed by atoms with Gasteiger partial charge in [0.2, 0.25) is 0 Å². The smallest absolute Gasteiger partial charge is 0.168 e. The van der Waals surface area contributed by atoms with Gasteiger partial charge in [-0.25, -0.2) is 4.57 Å². The van der Waals surface area contributed by atoms with Crippen molar-refractivity contribution in [1.82, 2.24) is 4.98 Å². The number of rotatable bonds is 13. The zero-order chi connectivity index (χ0) is 18.5. The van der Waals surface area contributed by atoms with Crippen molar-refractivity contribution >= 4 is 0 Å². The first-order chi connectivity index (χ1) is 12.8. The van der Waals surface area contributed by atoms with Gasteiger partial charge in [0.15, 0.2) is 12.4 Å². The van der Waals surface area contributed by atoms with Crippen LogP contribution in [0.4, 0.5) is 0 Å². The second-order valence-electron chi connectivity index (χ2n) is 7.88. The summed E-state index contributed by atoms with van der Waals surface area (Å²) in [6.45, 7) is 6.00. The molecule has 0 saturated heterocycles. The summed E-state index contributed by atoms with van der Waals surface area (Å²) >= 11 is 0. The van der Waals surface area contributed by atoms with E-state index >= 15 is 0 Å². The molecule has 2 heterocycles. The molecule has 2 heteroatoms. The number of aromatic nitrogens is 2. The molecular formula is C24H37N2+. The Hall–Kier alpha value is -1.70. The Morgan fingerprint density at radius 2 is 1.50 bits per heavy atom. The SMILES string of the molecule is CC(CCCCCCCCc1cccnc1)C(C)CC[n+]1ccccc1. The molecule has 0 fully saturated rings. The number of hydrogen-bond donors (Lipinski definition) is 0. The zero-order valence-corrected chi connectivity index (χ0v) is 16.8. The molecule has 2 nitrogen and oxygen atoms in total. The maximum Gasteiger partial charge on any atom is 0.168 e. The lowest BCUT2D eigenvalue weighted by atomic mass is 9.88. The van der Waals surface area contributed by atoms with E-state index in [9.17, 15) is 0 Å². The van der Waals surface area contributed by atoms with E-state index in [4.69, 9.17) is 0 Å². The van der Waals surface area contributed by atoms with Crippen molar-refractivity contribution in [3.8, 4) is 0 Å². The summed E-state index contributed by atoms with van der Waals surface area (Å²) in [5.74, 6) is 1.65. The molecule has 2 aromatic heterocycles. The van der Waals surface area contributed by atoms with Gasteiger partial charge in [-0.2, -0.15) is 0 Å². The Morgan fingerprint density at radius 1 is 0.808 bits per heavy atom. The van der Waals surface area contributed by atoms with Crippen LogP contribution in [0.1, 0.15) is 70.8 Å². The largest absolute Gasteiger partial charge is 0.264 e. The summed E-state index contributed by atoms with van der Waals surface area (Å²) in [5.41, 5.74) is 1.38. The molecule has 0 saturated carbocycles. The monoisotopic (exact) mass is 353 g/mol. The number of pyridine rings is 2. The van der Waals surface area contributed by atoms with Crippen LogP contribution in [-0.4, -0.2) is 4.98 Å². The third kappa shape index (κ3) is 8.60. The second kappa shape index (κ2) is 12.6. The lowest BCUT2D eigenvalue weighted by Crippen LogP contribution is -2.33. The summed E-state index contributed by atoms with van der Waals surface area (Å²) in [5, 5.41) is 0. The Kier molecular flexibility index (Phi) is 10.0. The van der Waals surface area contributed by atoms with Crippen molar-refractivity contribution in [2.45, 2.75) is 78.2 Å². The Bertz CT molecular complexity index is 567. The molecule has 0 aromatic carbocycles. The average molecular weight is 354 g/mol. The minimum atomic E-state index is 0.808. The van der Waals surface area contributed by atoms with Crippen molar-refractivity contribution in [2.24, 2.45) is 11.8 Å². The standard InChI is InChI=1S/C24H37N2/c1-22(23(2)16-20-26-18-10-7-11-19-26)13-8-5-3-4-6-9-14-24-15-12-17-25-21-24/h7,10-12,15,17-19,21-23H,3-6,8-9,13-14,16,20H2,1-2H3/q+1. The molecule has 0 aliphatic heterocycles. The van der Waals surface area contributed by atoms with Crippen LogP contribution in [0.5, 0.6) is 0 Å². The fourth-order valence-corrected chi connectivity index (χ4v) is 3.55. The summed E-state index contributed by atoms with van der Waals surface area (Å²) in [6, 6.07) is 10.5. The van der Waals surface area contributed by atoms with Crippen molar-refractivity contribution in [1.29, 1.82) is 0 Å². The van der Waals surface area contributed by atoms with E-state index in [1.165, 1.54) is 63.4 Å². The highest BCUT2D eigenvalue weighted by Crippen LogP contribution is 2.22. The zero-order valence-electron chi connectivity index (χ0n) is 16.8. The topological polar surface area (TPSA) is 16.8 Å². The van der Waals surface area contributed by atoms with Crippen molar-refractivity contribution in [2.75, 3.05) is 0 Å². The van der Waals surface area contributed by atoms with Gasteiger partial charge in [-0.3, -0.25) is 4.98 Å². The molecule has 0 aliphatic carbocycles. The van der Waals surface area contributed by atoms with Crippen molar-refractivity contribution in [3.63, 3.8) is 0 Å². The lowest BCUT2D eigenvalue weighted by Gasteiger charge is -2.18. The van der Waals surface area contributed by atoms with Gasteiger partial charge in [-0.05, 0) is 36.3 Å². The van der Waals surface area contributed by atoms with Gasteiger partial charge in [0.1, 0.15) is 6.54 Å². The number of aryl methyl sites for hydroxylation is 2. The molecular weight excluding hydrogens is 316 g/mol. The molecule has 0 spiro atoms. The highest BCUT2D eigenvalue weighted by Gasteiger charge is 2.13. The van der Waals surface area contributed by atoms with Gasteiger partial charge in [-0.15, -0.1) is 0 Å². The fraction of sp³-hybridized carbons (Fsp3) is 0.583. The fourth-order valence-electron chi connectivity index (χ4n) is 3.55. The van der Waals surface area contributed by atoms with Crippen LogP contribution in [-0.2, 0) is 13.0 Å². The van der Waals surface area contributed by atoms with Crippen LogP contribution < -0.4 is 4.57 Å². The Morgan fingerprint density at radius 3 is 2.23 bits per heavy atom. The van der Waals surface area contributed by atoms with Crippen LogP contribution in [0.3, 0.4) is 0 Å². The third-order valence-corrected chi connectivity index (χ3v) is 5.69. The molecule has 26 heavy (non-hydrogen) atoms. The molecule has 0 radical (unpaired) electrons. The van der Waals surface area contributed by atoms with E-state index < -0.39 is 0 Å². The normalized spacial score (nSPS) is 13.5. The molecule has 2 aromatic rings. The van der Waals surface area contributed by atoms with Crippen LogP contribution in [0.2, 0.25) is 0 Å².